The molecule has 1 aromatic rings. The van der Waals surface area contributed by atoms with Crippen molar-refractivity contribution in [3.63, 3.8) is 0 Å². The Morgan fingerprint density at radius 1 is 1.33 bits per heavy atom. The zero-order valence-corrected chi connectivity index (χ0v) is 13.7. The van der Waals surface area contributed by atoms with Crippen LogP contribution in [-0.2, 0) is 29.7 Å². The number of hydrogen-bond acceptors (Lipinski definition) is 3. The van der Waals surface area contributed by atoms with E-state index >= 15 is 0 Å². The Balaban J connectivity index is 1.64. The highest BCUT2D eigenvalue weighted by Gasteiger charge is 2.26. The molecule has 21 heavy (non-hydrogen) atoms. The van der Waals surface area contributed by atoms with Gasteiger partial charge in [0.25, 0.3) is 0 Å². The molecular weight excluding hydrogens is 262 g/mol. The van der Waals surface area contributed by atoms with Gasteiger partial charge in [0.1, 0.15) is 5.82 Å². The molecule has 1 aromatic heterocycles. The van der Waals surface area contributed by atoms with E-state index in [0.717, 1.165) is 51.6 Å². The molecule has 4 nitrogen and oxygen atoms in total. The van der Waals surface area contributed by atoms with E-state index in [1.165, 1.54) is 30.1 Å². The van der Waals surface area contributed by atoms with Crippen LogP contribution in [0.25, 0.3) is 0 Å². The van der Waals surface area contributed by atoms with E-state index in [1.54, 1.807) is 0 Å². The lowest BCUT2D eigenvalue weighted by molar-refractivity contribution is 0.119. The minimum absolute atomic E-state index is 0.103. The molecule has 3 rings (SSSR count). The van der Waals surface area contributed by atoms with Gasteiger partial charge in [-0.2, -0.15) is 0 Å². The Labute approximate surface area is 128 Å². The Morgan fingerprint density at radius 2 is 2.14 bits per heavy atom. The maximum Gasteiger partial charge on any atom is 0.114 e. The van der Waals surface area contributed by atoms with Crippen molar-refractivity contribution in [3.05, 3.63) is 17.2 Å². The highest BCUT2D eigenvalue weighted by Crippen LogP contribution is 2.29. The predicted molar refractivity (Wildman–Crippen MR) is 84.5 cm³/mol. The summed E-state index contributed by atoms with van der Waals surface area (Å²) in [4.78, 5) is 4.92. The Hall–Kier alpha value is -0.870. The fourth-order valence-corrected chi connectivity index (χ4v) is 3.04. The van der Waals surface area contributed by atoms with E-state index in [4.69, 9.17) is 9.72 Å². The number of ether oxygens (including phenoxy) is 1. The van der Waals surface area contributed by atoms with E-state index in [1.807, 2.05) is 0 Å². The van der Waals surface area contributed by atoms with Crippen LogP contribution in [-0.4, -0.2) is 29.3 Å². The molecule has 4 heteroatoms. The molecule has 118 valence electrons. The van der Waals surface area contributed by atoms with Gasteiger partial charge in [-0.15, -0.1) is 0 Å². The lowest BCUT2D eigenvalue weighted by atomic mass is 9.95. The molecule has 0 amide bonds. The van der Waals surface area contributed by atoms with E-state index in [9.17, 15) is 0 Å². The van der Waals surface area contributed by atoms with E-state index < -0.39 is 0 Å². The summed E-state index contributed by atoms with van der Waals surface area (Å²) in [5, 5.41) is 3.43. The van der Waals surface area contributed by atoms with Crippen LogP contribution in [0.2, 0.25) is 0 Å². The number of nitrogens with zero attached hydrogens (tertiary/aromatic N) is 2. The summed E-state index contributed by atoms with van der Waals surface area (Å²) in [5.41, 5.74) is 2.80. The molecule has 2 heterocycles. The second kappa shape index (κ2) is 6.09. The quantitative estimate of drug-likeness (QED) is 0.819. The SMILES string of the molecule is CC(C)(C)c1nc2c(n1CCCOCC1CC1)CCNC2. The highest BCUT2D eigenvalue weighted by atomic mass is 16.5. The van der Waals surface area contributed by atoms with Crippen molar-refractivity contribution in [1.29, 1.82) is 0 Å². The third kappa shape index (κ3) is 3.67. The predicted octanol–water partition coefficient (Wildman–Crippen LogP) is 2.64. The van der Waals surface area contributed by atoms with Crippen molar-refractivity contribution in [3.8, 4) is 0 Å². The lowest BCUT2D eigenvalue weighted by Crippen LogP contribution is -2.26. The average molecular weight is 291 g/mol. The highest BCUT2D eigenvalue weighted by molar-refractivity contribution is 5.23. The molecule has 0 radical (unpaired) electrons. The van der Waals surface area contributed by atoms with Crippen LogP contribution in [0.15, 0.2) is 0 Å². The Kier molecular flexibility index (Phi) is 4.36. The minimum Gasteiger partial charge on any atom is -0.381 e. The molecule has 1 fully saturated rings. The molecule has 0 unspecified atom stereocenters. The first-order chi connectivity index (χ1) is 10.1. The van der Waals surface area contributed by atoms with Crippen LogP contribution in [0.5, 0.6) is 0 Å². The van der Waals surface area contributed by atoms with Crippen molar-refractivity contribution in [2.45, 2.75) is 65.0 Å². The van der Waals surface area contributed by atoms with Crippen molar-refractivity contribution in [1.82, 2.24) is 14.9 Å². The second-order valence-corrected chi connectivity index (χ2v) is 7.53. The number of aromatic nitrogens is 2. The van der Waals surface area contributed by atoms with E-state index in [-0.39, 0.29) is 5.41 Å². The smallest absolute Gasteiger partial charge is 0.114 e. The zero-order chi connectivity index (χ0) is 14.9. The molecule has 0 aromatic carbocycles. The van der Waals surface area contributed by atoms with E-state index in [2.05, 4.69) is 30.7 Å². The fraction of sp³-hybridized carbons (Fsp3) is 0.824. The van der Waals surface area contributed by atoms with Crippen molar-refractivity contribution in [2.24, 2.45) is 5.92 Å². The third-order valence-corrected chi connectivity index (χ3v) is 4.38. The van der Waals surface area contributed by atoms with Crippen LogP contribution in [0, 0.1) is 5.92 Å². The normalized spacial score (nSPS) is 18.8. The largest absolute Gasteiger partial charge is 0.381 e. The van der Waals surface area contributed by atoms with Crippen LogP contribution in [0.3, 0.4) is 0 Å². The molecule has 1 aliphatic carbocycles. The summed E-state index contributed by atoms with van der Waals surface area (Å²) in [6.07, 6.45) is 4.93. The van der Waals surface area contributed by atoms with Gasteiger partial charge in [-0.25, -0.2) is 4.98 Å². The summed E-state index contributed by atoms with van der Waals surface area (Å²) < 4.78 is 8.25. The van der Waals surface area contributed by atoms with Crippen LogP contribution in [0.1, 0.15) is 57.2 Å². The monoisotopic (exact) mass is 291 g/mol. The van der Waals surface area contributed by atoms with Gasteiger partial charge in [0.05, 0.1) is 5.69 Å². The van der Waals surface area contributed by atoms with Crippen LogP contribution >= 0.6 is 0 Å². The topological polar surface area (TPSA) is 39.1 Å². The van der Waals surface area contributed by atoms with Gasteiger partial charge in [-0.05, 0) is 25.2 Å². The van der Waals surface area contributed by atoms with E-state index in [0.29, 0.717) is 0 Å². The molecule has 0 saturated heterocycles. The molecular formula is C17H29N3O. The van der Waals surface area contributed by atoms with Crippen LogP contribution in [0.4, 0.5) is 0 Å². The van der Waals surface area contributed by atoms with Gasteiger partial charge in [-0.3, -0.25) is 0 Å². The van der Waals surface area contributed by atoms with Gasteiger partial charge >= 0.3 is 0 Å². The van der Waals surface area contributed by atoms with Gasteiger partial charge in [0.15, 0.2) is 0 Å². The number of fused-ring (bicyclic) bond motifs is 1. The second-order valence-electron chi connectivity index (χ2n) is 7.53. The van der Waals surface area contributed by atoms with Crippen LogP contribution < -0.4 is 5.32 Å². The van der Waals surface area contributed by atoms with Crippen molar-refractivity contribution >= 4 is 0 Å². The number of rotatable bonds is 6. The fourth-order valence-electron chi connectivity index (χ4n) is 3.04. The first-order valence-corrected chi connectivity index (χ1v) is 8.43. The number of hydrogen-bond donors (Lipinski definition) is 1. The molecule has 1 saturated carbocycles. The van der Waals surface area contributed by atoms with Gasteiger partial charge < -0.3 is 14.6 Å². The summed E-state index contributed by atoms with van der Waals surface area (Å²) in [6.45, 7) is 11.7. The third-order valence-electron chi connectivity index (χ3n) is 4.38. The summed E-state index contributed by atoms with van der Waals surface area (Å²) in [5.74, 6) is 2.10. The molecule has 1 N–H and O–H groups in total. The minimum atomic E-state index is 0.103. The summed E-state index contributed by atoms with van der Waals surface area (Å²) in [6, 6.07) is 0. The molecule has 1 aliphatic heterocycles. The lowest BCUT2D eigenvalue weighted by Gasteiger charge is -2.22. The maximum atomic E-state index is 5.78. The van der Waals surface area contributed by atoms with Gasteiger partial charge in [0.2, 0.25) is 0 Å². The maximum absolute atomic E-state index is 5.78. The summed E-state index contributed by atoms with van der Waals surface area (Å²) in [7, 11) is 0. The molecule has 0 spiro atoms. The Bertz CT molecular complexity index is 483. The van der Waals surface area contributed by atoms with Gasteiger partial charge in [0, 0.05) is 50.4 Å². The molecule has 0 bridgehead atoms. The standard InChI is InChI=1S/C17H29N3O/c1-17(2,3)16-19-14-11-18-8-7-15(14)20(16)9-4-10-21-12-13-5-6-13/h13,18H,4-12H2,1-3H3. The van der Waals surface area contributed by atoms with Crippen molar-refractivity contribution in [2.75, 3.05) is 19.8 Å². The molecule has 0 atom stereocenters. The zero-order valence-electron chi connectivity index (χ0n) is 13.7. The van der Waals surface area contributed by atoms with Crippen molar-refractivity contribution < 1.29 is 4.74 Å². The first kappa shape index (κ1) is 15.0. The first-order valence-electron chi connectivity index (χ1n) is 8.43. The number of imidazole rings is 1. The average Bonchev–Trinajstić information content (AvgIpc) is 3.17. The molecule has 2 aliphatic rings. The number of nitrogens with one attached hydrogen (secondary N) is 1. The Morgan fingerprint density at radius 3 is 2.86 bits per heavy atom. The van der Waals surface area contributed by atoms with Gasteiger partial charge in [-0.1, -0.05) is 20.8 Å². The summed E-state index contributed by atoms with van der Waals surface area (Å²) >= 11 is 0.